The maximum atomic E-state index is 12.2. The summed E-state index contributed by atoms with van der Waals surface area (Å²) < 4.78 is 0. The van der Waals surface area contributed by atoms with Crippen molar-refractivity contribution in [2.24, 2.45) is 4.99 Å². The number of hydrogen-bond acceptors (Lipinski definition) is 4. The third kappa shape index (κ3) is 3.72. The predicted octanol–water partition coefficient (Wildman–Crippen LogP) is 2.59. The molecule has 0 unspecified atom stereocenters. The lowest BCUT2D eigenvalue weighted by atomic mass is 10.2. The molecule has 0 spiro atoms. The first-order valence-corrected chi connectivity index (χ1v) is 7.35. The molecule has 1 aromatic carbocycles. The van der Waals surface area contributed by atoms with Crippen LogP contribution in [0.4, 0.5) is 5.69 Å². The summed E-state index contributed by atoms with van der Waals surface area (Å²) >= 11 is 1.19. The van der Waals surface area contributed by atoms with Crippen molar-refractivity contribution in [1.82, 2.24) is 4.90 Å². The molecule has 0 aromatic heterocycles. The highest BCUT2D eigenvalue weighted by atomic mass is 32.2. The fourth-order valence-electron chi connectivity index (χ4n) is 1.91. The summed E-state index contributed by atoms with van der Waals surface area (Å²) in [6.07, 6.45) is 1.40. The van der Waals surface area contributed by atoms with Crippen molar-refractivity contribution >= 4 is 34.5 Å². The summed E-state index contributed by atoms with van der Waals surface area (Å²) in [7, 11) is 0. The van der Waals surface area contributed by atoms with Gasteiger partial charge in [-0.05, 0) is 19.1 Å². The van der Waals surface area contributed by atoms with Gasteiger partial charge < -0.3 is 5.11 Å². The van der Waals surface area contributed by atoms with Crippen molar-refractivity contribution in [3.8, 4) is 0 Å². The van der Waals surface area contributed by atoms with Gasteiger partial charge in [-0.1, -0.05) is 35.5 Å². The van der Waals surface area contributed by atoms with Crippen LogP contribution in [0.25, 0.3) is 0 Å². The Morgan fingerprint density at radius 2 is 2.14 bits per heavy atom. The molecule has 0 radical (unpaired) electrons. The Labute approximate surface area is 127 Å². The van der Waals surface area contributed by atoms with Gasteiger partial charge in [0.2, 0.25) is 5.91 Å². The number of benzene rings is 1. The molecule has 1 aromatic rings. The molecule has 0 saturated carbocycles. The van der Waals surface area contributed by atoms with Crippen molar-refractivity contribution < 1.29 is 14.7 Å². The van der Waals surface area contributed by atoms with E-state index in [1.54, 1.807) is 6.08 Å². The van der Waals surface area contributed by atoms with Crippen LogP contribution in [0.2, 0.25) is 0 Å². The molecular weight excluding hydrogens is 288 g/mol. The van der Waals surface area contributed by atoms with E-state index in [2.05, 4.69) is 11.6 Å². The Kier molecular flexibility index (Phi) is 4.80. The molecule has 0 bridgehead atoms. The quantitative estimate of drug-likeness (QED) is 0.849. The second-order valence-electron chi connectivity index (χ2n) is 4.67. The monoisotopic (exact) mass is 304 g/mol. The third-order valence-electron chi connectivity index (χ3n) is 2.95. The van der Waals surface area contributed by atoms with E-state index in [4.69, 9.17) is 5.11 Å². The number of aliphatic carboxylic acids is 1. The maximum absolute atomic E-state index is 12.2. The molecule has 1 N–H and O–H groups in total. The number of thioether (sulfide) groups is 1. The lowest BCUT2D eigenvalue weighted by Crippen LogP contribution is -2.32. The van der Waals surface area contributed by atoms with Crippen molar-refractivity contribution in [3.63, 3.8) is 0 Å². The van der Waals surface area contributed by atoms with Crippen LogP contribution in [0, 0.1) is 6.92 Å². The topological polar surface area (TPSA) is 70.0 Å². The molecule has 2 rings (SSSR count). The number of carbonyl (C=O) groups is 2. The molecule has 5 nitrogen and oxygen atoms in total. The summed E-state index contributed by atoms with van der Waals surface area (Å²) in [5, 5.41) is 8.77. The van der Waals surface area contributed by atoms with Gasteiger partial charge in [-0.25, -0.2) is 4.99 Å². The molecule has 1 fully saturated rings. The number of aryl methyl sites for hydroxylation is 1. The van der Waals surface area contributed by atoms with E-state index in [9.17, 15) is 9.59 Å². The average Bonchev–Trinajstić information content (AvgIpc) is 2.70. The summed E-state index contributed by atoms with van der Waals surface area (Å²) in [5.74, 6) is -1.22. The smallest absolute Gasteiger partial charge is 0.305 e. The van der Waals surface area contributed by atoms with Crippen LogP contribution in [0.1, 0.15) is 12.0 Å². The van der Waals surface area contributed by atoms with Gasteiger partial charge in [0.05, 0.1) is 12.1 Å². The molecule has 6 heteroatoms. The molecule has 110 valence electrons. The third-order valence-corrected chi connectivity index (χ3v) is 4.13. The first-order chi connectivity index (χ1) is 10.0. The van der Waals surface area contributed by atoms with Gasteiger partial charge in [-0.15, -0.1) is 6.58 Å². The molecule has 1 aliphatic rings. The maximum Gasteiger partial charge on any atom is 0.305 e. The fourth-order valence-corrected chi connectivity index (χ4v) is 3.07. The molecule has 1 amide bonds. The van der Waals surface area contributed by atoms with E-state index in [0.717, 1.165) is 11.3 Å². The molecule has 1 heterocycles. The number of rotatable bonds is 5. The number of nitrogens with zero attached hydrogens (tertiary/aromatic N) is 2. The van der Waals surface area contributed by atoms with Gasteiger partial charge in [-0.3, -0.25) is 14.5 Å². The zero-order valence-electron chi connectivity index (χ0n) is 11.7. The second kappa shape index (κ2) is 6.58. The number of carbonyl (C=O) groups excluding carboxylic acids is 1. The van der Waals surface area contributed by atoms with Gasteiger partial charge >= 0.3 is 5.97 Å². The van der Waals surface area contributed by atoms with E-state index < -0.39 is 11.2 Å². The Morgan fingerprint density at radius 1 is 1.48 bits per heavy atom. The van der Waals surface area contributed by atoms with Crippen LogP contribution in [0.3, 0.4) is 0 Å². The van der Waals surface area contributed by atoms with Crippen LogP contribution < -0.4 is 0 Å². The molecule has 21 heavy (non-hydrogen) atoms. The van der Waals surface area contributed by atoms with Crippen LogP contribution in [-0.2, 0) is 9.59 Å². The van der Waals surface area contributed by atoms with Crippen molar-refractivity contribution in [2.75, 3.05) is 6.54 Å². The minimum absolute atomic E-state index is 0.204. The number of carboxylic acid groups (broad SMARTS) is 1. The highest BCUT2D eigenvalue weighted by Crippen LogP contribution is 2.31. The van der Waals surface area contributed by atoms with E-state index in [1.807, 2.05) is 31.2 Å². The van der Waals surface area contributed by atoms with Gasteiger partial charge in [-0.2, -0.15) is 0 Å². The number of amidine groups is 1. The largest absolute Gasteiger partial charge is 0.481 e. The van der Waals surface area contributed by atoms with Gasteiger partial charge in [0, 0.05) is 6.54 Å². The Hall–Kier alpha value is -2.08. The summed E-state index contributed by atoms with van der Waals surface area (Å²) in [4.78, 5) is 29.0. The number of hydrogen-bond donors (Lipinski definition) is 1. The fraction of sp³-hybridized carbons (Fsp3) is 0.267. The minimum atomic E-state index is -0.990. The average molecular weight is 304 g/mol. The van der Waals surface area contributed by atoms with Gasteiger partial charge in [0.1, 0.15) is 5.25 Å². The normalized spacial score (nSPS) is 20.0. The lowest BCUT2D eigenvalue weighted by Gasteiger charge is -2.13. The highest BCUT2D eigenvalue weighted by molar-refractivity contribution is 8.15. The lowest BCUT2D eigenvalue weighted by molar-refractivity contribution is -0.139. The van der Waals surface area contributed by atoms with E-state index in [0.29, 0.717) is 11.7 Å². The van der Waals surface area contributed by atoms with Crippen LogP contribution >= 0.6 is 11.8 Å². The van der Waals surface area contributed by atoms with Crippen LogP contribution in [0.15, 0.2) is 41.9 Å². The molecule has 1 saturated heterocycles. The Balaban J connectivity index is 2.27. The number of carboxylic acids is 1. The van der Waals surface area contributed by atoms with Gasteiger partial charge in [0.25, 0.3) is 0 Å². The van der Waals surface area contributed by atoms with E-state index in [-0.39, 0.29) is 12.3 Å². The first kappa shape index (κ1) is 15.3. The van der Waals surface area contributed by atoms with Crippen molar-refractivity contribution in [1.29, 1.82) is 0 Å². The predicted molar refractivity (Wildman–Crippen MR) is 83.8 cm³/mol. The first-order valence-electron chi connectivity index (χ1n) is 6.47. The standard InChI is InChI=1S/C15H16N2O3S/c1-3-8-17-14(20)12(9-13(18)19)21-15(17)16-11-6-4-10(2)5-7-11/h3-7,12H,1,8-9H2,2H3,(H,18,19)/t12-/m1/s1. The highest BCUT2D eigenvalue weighted by Gasteiger charge is 2.38. The second-order valence-corrected chi connectivity index (χ2v) is 5.84. The molecular formula is C15H16N2O3S. The number of aliphatic imine (C=N–C) groups is 1. The summed E-state index contributed by atoms with van der Waals surface area (Å²) in [5.41, 5.74) is 1.86. The zero-order chi connectivity index (χ0) is 15.4. The van der Waals surface area contributed by atoms with Crippen molar-refractivity contribution in [2.45, 2.75) is 18.6 Å². The zero-order valence-corrected chi connectivity index (χ0v) is 12.5. The van der Waals surface area contributed by atoms with Crippen LogP contribution in [-0.4, -0.2) is 38.8 Å². The van der Waals surface area contributed by atoms with Crippen LogP contribution in [0.5, 0.6) is 0 Å². The SMILES string of the molecule is C=CCN1C(=O)[C@@H](CC(=O)O)SC1=Nc1ccc(C)cc1. The molecule has 0 aliphatic carbocycles. The summed E-state index contributed by atoms with van der Waals surface area (Å²) in [6.45, 7) is 5.93. The van der Waals surface area contributed by atoms with E-state index >= 15 is 0 Å². The Morgan fingerprint density at radius 3 is 2.71 bits per heavy atom. The Bertz CT molecular complexity index is 595. The van der Waals surface area contributed by atoms with Crippen molar-refractivity contribution in [3.05, 3.63) is 42.5 Å². The number of amides is 1. The minimum Gasteiger partial charge on any atom is -0.481 e. The molecule has 1 atom stereocenters. The summed E-state index contributed by atoms with van der Waals surface area (Å²) in [6, 6.07) is 7.61. The van der Waals surface area contributed by atoms with Gasteiger partial charge in [0.15, 0.2) is 5.17 Å². The molecule has 1 aliphatic heterocycles. The van der Waals surface area contributed by atoms with E-state index in [1.165, 1.54) is 16.7 Å².